The highest BCUT2D eigenvalue weighted by Crippen LogP contribution is 2.39. The van der Waals surface area contributed by atoms with E-state index < -0.39 is 0 Å². The molecule has 2 fully saturated rings. The molecule has 0 amide bonds. The van der Waals surface area contributed by atoms with Gasteiger partial charge in [-0.25, -0.2) is 0 Å². The number of hydrogen-bond donors (Lipinski definition) is 0. The van der Waals surface area contributed by atoms with Crippen molar-refractivity contribution in [1.29, 1.82) is 0 Å². The van der Waals surface area contributed by atoms with E-state index in [0.29, 0.717) is 6.61 Å². The third kappa shape index (κ3) is 1.82. The minimum Gasteiger partial charge on any atom is -0.382 e. The molecule has 0 saturated carbocycles. The summed E-state index contributed by atoms with van der Waals surface area (Å²) < 4.78 is 22.6. The molecule has 86 valence electrons. The van der Waals surface area contributed by atoms with E-state index in [1.165, 1.54) is 0 Å². The van der Waals surface area contributed by atoms with Crippen LogP contribution in [0.3, 0.4) is 0 Å². The number of rotatable bonds is 3. The molecule has 0 spiro atoms. The Kier molecular flexibility index (Phi) is 3.35. The maximum Gasteiger partial charge on any atom is 0.142 e. The summed E-state index contributed by atoms with van der Waals surface area (Å²) in [5.41, 5.74) is -0.302. The second-order valence-corrected chi connectivity index (χ2v) is 4.42. The van der Waals surface area contributed by atoms with Crippen molar-refractivity contribution in [3.05, 3.63) is 0 Å². The van der Waals surface area contributed by atoms with E-state index in [0.717, 1.165) is 19.4 Å². The van der Waals surface area contributed by atoms with Crippen molar-refractivity contribution in [2.45, 2.75) is 36.7 Å². The molecule has 4 unspecified atom stereocenters. The van der Waals surface area contributed by atoms with Crippen LogP contribution >= 0.6 is 0 Å². The number of methoxy groups -OCH3 is 2. The van der Waals surface area contributed by atoms with Gasteiger partial charge in [0, 0.05) is 20.8 Å². The van der Waals surface area contributed by atoms with E-state index in [-0.39, 0.29) is 23.8 Å². The van der Waals surface area contributed by atoms with Gasteiger partial charge in [0.15, 0.2) is 0 Å². The monoisotopic (exact) mass is 214 g/mol. The Balaban J connectivity index is 2.23. The van der Waals surface area contributed by atoms with Crippen LogP contribution in [-0.4, -0.2) is 59.1 Å². The van der Waals surface area contributed by atoms with Gasteiger partial charge in [0.25, 0.3) is 0 Å². The Morgan fingerprint density at radius 3 is 2.93 bits per heavy atom. The first-order valence-electron chi connectivity index (χ1n) is 5.54. The molecule has 2 saturated heterocycles. The van der Waals surface area contributed by atoms with Gasteiger partial charge in [0.2, 0.25) is 0 Å². The molecule has 2 heterocycles. The summed E-state index contributed by atoms with van der Waals surface area (Å²) in [6, 6.07) is 0.0883. The Morgan fingerprint density at radius 1 is 1.47 bits per heavy atom. The lowest BCUT2D eigenvalue weighted by Crippen LogP contribution is -2.47. The smallest absolute Gasteiger partial charge is 0.142 e. The van der Waals surface area contributed by atoms with Gasteiger partial charge in [0.05, 0.1) is 12.6 Å². The summed E-state index contributed by atoms with van der Waals surface area (Å²) in [4.78, 5) is 0. The normalized spacial score (nSPS) is 45.3. The fourth-order valence-electron chi connectivity index (χ4n) is 2.85. The van der Waals surface area contributed by atoms with Gasteiger partial charge in [0.1, 0.15) is 25.7 Å². The van der Waals surface area contributed by atoms with E-state index in [9.17, 15) is 0 Å². The molecule has 2 bridgehead atoms. The van der Waals surface area contributed by atoms with Crippen LogP contribution in [0.25, 0.3) is 0 Å². The van der Waals surface area contributed by atoms with E-state index in [1.54, 1.807) is 14.2 Å². The fraction of sp³-hybridized carbons (Fsp3) is 1.00. The summed E-state index contributed by atoms with van der Waals surface area (Å²) in [5, 5.41) is 0. The maximum absolute atomic E-state index is 6.02. The zero-order valence-corrected chi connectivity index (χ0v) is 9.69. The molecule has 4 nitrogen and oxygen atoms in total. The Morgan fingerprint density at radius 2 is 2.27 bits per heavy atom. The maximum atomic E-state index is 6.02. The van der Waals surface area contributed by atoms with E-state index >= 15 is 0 Å². The highest BCUT2D eigenvalue weighted by atomic mass is 16.6. The molecule has 2 rings (SSSR count). The van der Waals surface area contributed by atoms with Crippen LogP contribution < -0.4 is 0 Å². The summed E-state index contributed by atoms with van der Waals surface area (Å²) in [6.07, 6.45) is 2.00. The lowest BCUT2D eigenvalue weighted by atomic mass is 9.88. The average molecular weight is 214 g/mol. The van der Waals surface area contributed by atoms with Gasteiger partial charge in [-0.3, -0.25) is 0 Å². The summed E-state index contributed by atoms with van der Waals surface area (Å²) >= 11 is 0. The number of fused-ring (bicyclic) bond motifs is 2. The molecule has 0 aliphatic carbocycles. The lowest BCUT2D eigenvalue weighted by Gasteiger charge is -2.32. The molecule has 0 radical (unpaired) electrons. The standard InChI is InChI=1S/C10H19BO4/c1-12-6-10-4-3-5-14-7(8(10)13-2)9(11)15-10/h7-9H,3-6,11H2,1-2H3. The van der Waals surface area contributed by atoms with Crippen LogP contribution in [0.15, 0.2) is 0 Å². The van der Waals surface area contributed by atoms with Crippen LogP contribution in [0.2, 0.25) is 0 Å². The second-order valence-electron chi connectivity index (χ2n) is 4.42. The molecular formula is C10H19BO4. The topological polar surface area (TPSA) is 36.9 Å². The van der Waals surface area contributed by atoms with Crippen molar-refractivity contribution in [3.63, 3.8) is 0 Å². The molecule has 5 heteroatoms. The van der Waals surface area contributed by atoms with Crippen molar-refractivity contribution in [1.82, 2.24) is 0 Å². The van der Waals surface area contributed by atoms with Crippen molar-refractivity contribution in [2.24, 2.45) is 0 Å². The van der Waals surface area contributed by atoms with Crippen molar-refractivity contribution in [3.8, 4) is 0 Å². The van der Waals surface area contributed by atoms with Gasteiger partial charge in [-0.15, -0.1) is 0 Å². The zero-order chi connectivity index (χ0) is 10.9. The van der Waals surface area contributed by atoms with Gasteiger partial charge in [-0.1, -0.05) is 0 Å². The van der Waals surface area contributed by atoms with Gasteiger partial charge >= 0.3 is 0 Å². The number of hydrogen-bond acceptors (Lipinski definition) is 4. The molecule has 0 aromatic carbocycles. The first kappa shape index (κ1) is 11.4. The zero-order valence-electron chi connectivity index (χ0n) is 9.69. The van der Waals surface area contributed by atoms with E-state index in [1.807, 2.05) is 7.85 Å². The molecule has 0 aromatic heterocycles. The van der Waals surface area contributed by atoms with Crippen LogP contribution in [-0.2, 0) is 18.9 Å². The molecule has 0 N–H and O–H groups in total. The minimum absolute atomic E-state index is 0.00468. The Bertz CT molecular complexity index is 225. The van der Waals surface area contributed by atoms with Crippen LogP contribution in [0.4, 0.5) is 0 Å². The van der Waals surface area contributed by atoms with Crippen LogP contribution in [0.1, 0.15) is 12.8 Å². The lowest BCUT2D eigenvalue weighted by molar-refractivity contribution is -0.119. The number of ether oxygens (including phenoxy) is 4. The molecule has 4 atom stereocenters. The SMILES string of the molecule is BC1OC2(COC)CCCOC1C2OC. The predicted octanol–water partition coefficient (Wildman–Crippen LogP) is -0.445. The van der Waals surface area contributed by atoms with Crippen molar-refractivity contribution in [2.75, 3.05) is 27.4 Å². The van der Waals surface area contributed by atoms with E-state index in [2.05, 4.69) is 0 Å². The summed E-state index contributed by atoms with van der Waals surface area (Å²) in [5.74, 6) is 0. The van der Waals surface area contributed by atoms with Gasteiger partial charge in [-0.05, 0) is 12.8 Å². The van der Waals surface area contributed by atoms with Gasteiger partial charge in [-0.2, -0.15) is 0 Å². The molecule has 0 aromatic rings. The molecule has 2 aliphatic rings. The van der Waals surface area contributed by atoms with Crippen molar-refractivity contribution < 1.29 is 18.9 Å². The summed E-state index contributed by atoms with van der Waals surface area (Å²) in [7, 11) is 5.46. The minimum atomic E-state index is -0.302. The third-order valence-electron chi connectivity index (χ3n) is 3.40. The first-order chi connectivity index (χ1) is 7.23. The highest BCUT2D eigenvalue weighted by Gasteiger charge is 2.55. The van der Waals surface area contributed by atoms with E-state index in [4.69, 9.17) is 18.9 Å². The molecule has 15 heavy (non-hydrogen) atoms. The second kappa shape index (κ2) is 4.41. The molecule has 2 aliphatic heterocycles. The molecular weight excluding hydrogens is 195 g/mol. The third-order valence-corrected chi connectivity index (χ3v) is 3.40. The predicted molar refractivity (Wildman–Crippen MR) is 57.8 cm³/mol. The Labute approximate surface area is 91.6 Å². The highest BCUT2D eigenvalue weighted by molar-refractivity contribution is 6.11. The van der Waals surface area contributed by atoms with Crippen LogP contribution in [0.5, 0.6) is 0 Å². The van der Waals surface area contributed by atoms with Crippen molar-refractivity contribution >= 4 is 7.85 Å². The summed E-state index contributed by atoms with van der Waals surface area (Å²) in [6.45, 7) is 1.37. The van der Waals surface area contributed by atoms with Crippen LogP contribution in [0, 0.1) is 0 Å². The largest absolute Gasteiger partial charge is 0.382 e. The van der Waals surface area contributed by atoms with Gasteiger partial charge < -0.3 is 18.9 Å². The Hall–Kier alpha value is -0.0951. The average Bonchev–Trinajstić information content (AvgIpc) is 2.35. The first-order valence-corrected chi connectivity index (χ1v) is 5.54. The quantitative estimate of drug-likeness (QED) is 0.596. The fourth-order valence-corrected chi connectivity index (χ4v) is 2.85.